The van der Waals surface area contributed by atoms with Crippen LogP contribution in [0.4, 0.5) is 26.3 Å². The minimum Gasteiger partial charge on any atom is -0.466 e. The fourth-order valence-corrected chi connectivity index (χ4v) is 8.31. The summed E-state index contributed by atoms with van der Waals surface area (Å²) in [6.45, 7) is 8.17. The van der Waals surface area contributed by atoms with Gasteiger partial charge in [-0.25, -0.2) is 16.8 Å². The Morgan fingerprint density at radius 1 is 0.698 bits per heavy atom. The van der Waals surface area contributed by atoms with Crippen LogP contribution in [-0.4, -0.2) is 53.8 Å². The van der Waals surface area contributed by atoms with Gasteiger partial charge in [-0.3, -0.25) is 9.59 Å². The largest absolute Gasteiger partial charge is 0.466 e. The zero-order valence-electron chi connectivity index (χ0n) is 29.9. The van der Waals surface area contributed by atoms with Crippen LogP contribution in [0.5, 0.6) is 0 Å². The first-order valence-corrected chi connectivity index (χ1v) is 20.9. The van der Waals surface area contributed by atoms with Crippen molar-refractivity contribution in [2.24, 2.45) is 22.5 Å². The van der Waals surface area contributed by atoms with Crippen molar-refractivity contribution in [3.05, 3.63) is 59.7 Å². The Labute approximate surface area is 311 Å². The summed E-state index contributed by atoms with van der Waals surface area (Å²) in [4.78, 5) is 23.1. The van der Waals surface area contributed by atoms with Crippen molar-refractivity contribution in [3.8, 4) is 0 Å². The molecule has 0 amide bonds. The monoisotopic (exact) mass is 821 g/mol. The molecule has 2 aromatic carbocycles. The fourth-order valence-electron chi connectivity index (χ4n) is 5.84. The molecule has 9 nitrogen and oxygen atoms in total. The van der Waals surface area contributed by atoms with Gasteiger partial charge < -0.3 is 15.2 Å². The molecule has 0 saturated heterocycles. The van der Waals surface area contributed by atoms with E-state index in [0.29, 0.717) is 51.0 Å². The minimum atomic E-state index is -4.50. The molecule has 4 rings (SSSR count). The van der Waals surface area contributed by atoms with Gasteiger partial charge in [-0.2, -0.15) is 26.3 Å². The zero-order valence-corrected chi connectivity index (χ0v) is 32.2. The van der Waals surface area contributed by atoms with E-state index < -0.39 is 47.8 Å². The molecule has 2 N–H and O–H groups in total. The van der Waals surface area contributed by atoms with Crippen LogP contribution in [0.25, 0.3) is 0 Å². The highest BCUT2D eigenvalue weighted by Crippen LogP contribution is 2.41. The number of carbonyl (C=O) groups is 2. The topological polar surface area (TPSA) is 147 Å². The Morgan fingerprint density at radius 3 is 1.36 bits per heavy atom. The molecule has 0 heterocycles. The smallest absolute Gasteiger partial charge is 0.416 e. The molecule has 0 unspecified atom stereocenters. The second-order valence-electron chi connectivity index (χ2n) is 13.6. The summed E-state index contributed by atoms with van der Waals surface area (Å²) in [5.41, 5.74) is 3.12. The molecule has 300 valence electrons. The number of ether oxygens (including phenoxy) is 2. The third kappa shape index (κ3) is 14.0. The molecule has 18 heteroatoms. The molecule has 0 aromatic heterocycles. The van der Waals surface area contributed by atoms with E-state index >= 15 is 0 Å². The van der Waals surface area contributed by atoms with Gasteiger partial charge in [0.2, 0.25) is 0 Å². The standard InChI is InChI=1S/C18H23F3O4S.C10H19NO2.C7H4ClF3O2S/c1-3-25-16(22)17(2)10-8-13(9-11-17)12-26(23,24)15-6-4-14(5-7-15)18(19,20)21;1-3-13-9(12)10(2)6-4-8(11)5-7-10;8-14(12,13)6-3-1-5(2-4-6)7(9,10)11/h4-7,13H,3,8-12H2,1-2H3;8H,3-7,11H2,1-2H3;1-4H. The van der Waals surface area contributed by atoms with Crippen molar-refractivity contribution in [2.45, 2.75) is 107 Å². The van der Waals surface area contributed by atoms with Crippen LogP contribution in [0.3, 0.4) is 0 Å². The van der Waals surface area contributed by atoms with E-state index in [9.17, 15) is 52.8 Å². The number of sulfone groups is 1. The molecule has 2 aromatic rings. The normalized spacial score (nSPS) is 23.7. The number of rotatable bonds is 8. The van der Waals surface area contributed by atoms with E-state index in [1.165, 1.54) is 0 Å². The van der Waals surface area contributed by atoms with Gasteiger partial charge in [0, 0.05) is 16.7 Å². The van der Waals surface area contributed by atoms with E-state index in [-0.39, 0.29) is 44.9 Å². The molecule has 0 bridgehead atoms. The van der Waals surface area contributed by atoms with Crippen molar-refractivity contribution < 1.29 is 62.2 Å². The average molecular weight is 822 g/mol. The predicted octanol–water partition coefficient (Wildman–Crippen LogP) is 8.33. The zero-order chi connectivity index (χ0) is 40.5. The van der Waals surface area contributed by atoms with E-state index in [1.807, 2.05) is 20.8 Å². The SMILES string of the molecule is CCOC(=O)C1(C)CCC(CS(=O)(=O)c2ccc(C(F)(F)F)cc2)CC1.CCOC(=O)C1(C)CCC(N)CC1.O=S(=O)(Cl)c1ccc(C(F)(F)F)cc1. The lowest BCUT2D eigenvalue weighted by atomic mass is 9.72. The van der Waals surface area contributed by atoms with Crippen LogP contribution in [-0.2, 0) is 50.3 Å². The molecule has 53 heavy (non-hydrogen) atoms. The highest BCUT2D eigenvalue weighted by atomic mass is 35.7. The van der Waals surface area contributed by atoms with Gasteiger partial charge in [0.25, 0.3) is 9.05 Å². The summed E-state index contributed by atoms with van der Waals surface area (Å²) in [7, 11) is -2.72. The van der Waals surface area contributed by atoms with Crippen molar-refractivity contribution in [2.75, 3.05) is 19.0 Å². The second-order valence-corrected chi connectivity index (χ2v) is 18.2. The lowest BCUT2D eigenvalue weighted by Crippen LogP contribution is -2.38. The van der Waals surface area contributed by atoms with Crippen molar-refractivity contribution in [1.82, 2.24) is 0 Å². The van der Waals surface area contributed by atoms with Crippen LogP contribution in [0.15, 0.2) is 58.3 Å². The Bertz CT molecular complexity index is 1720. The van der Waals surface area contributed by atoms with Crippen LogP contribution in [0.2, 0.25) is 0 Å². The maximum Gasteiger partial charge on any atom is 0.416 e. The Kier molecular flexibility index (Phi) is 16.3. The quantitative estimate of drug-likeness (QED) is 0.158. The van der Waals surface area contributed by atoms with Gasteiger partial charge in [0.05, 0.1) is 50.7 Å². The number of alkyl halides is 6. The van der Waals surface area contributed by atoms with Crippen molar-refractivity contribution in [1.29, 1.82) is 0 Å². The Morgan fingerprint density at radius 2 is 1.04 bits per heavy atom. The van der Waals surface area contributed by atoms with Gasteiger partial charge in [-0.1, -0.05) is 0 Å². The number of nitrogens with two attached hydrogens (primary N) is 1. The number of hydrogen-bond donors (Lipinski definition) is 1. The Hall–Kier alpha value is -2.89. The van der Waals surface area contributed by atoms with Crippen molar-refractivity contribution in [3.63, 3.8) is 0 Å². The lowest BCUT2D eigenvalue weighted by molar-refractivity contribution is -0.157. The summed E-state index contributed by atoms with van der Waals surface area (Å²) in [5.74, 6) is -0.562. The summed E-state index contributed by atoms with van der Waals surface area (Å²) >= 11 is 0. The molecular formula is C35H46ClF6NO8S2. The molecule has 2 aliphatic rings. The van der Waals surface area contributed by atoms with E-state index in [1.54, 1.807) is 6.92 Å². The maximum atomic E-state index is 12.6. The van der Waals surface area contributed by atoms with Crippen LogP contribution in [0.1, 0.15) is 90.2 Å². The number of halogens is 7. The van der Waals surface area contributed by atoms with E-state index in [2.05, 4.69) is 0 Å². The van der Waals surface area contributed by atoms with E-state index in [0.717, 1.165) is 62.1 Å². The van der Waals surface area contributed by atoms with E-state index in [4.69, 9.17) is 25.9 Å². The summed E-state index contributed by atoms with van der Waals surface area (Å²) in [6, 6.07) is 6.80. The highest BCUT2D eigenvalue weighted by molar-refractivity contribution is 8.13. The fraction of sp³-hybridized carbons (Fsp3) is 0.600. The third-order valence-corrected chi connectivity index (χ3v) is 12.6. The Balaban J connectivity index is 0.000000303. The number of hydrogen-bond acceptors (Lipinski definition) is 9. The molecular weight excluding hydrogens is 776 g/mol. The van der Waals surface area contributed by atoms with Gasteiger partial charge in [0.1, 0.15) is 0 Å². The lowest BCUT2D eigenvalue weighted by Gasteiger charge is -2.35. The predicted molar refractivity (Wildman–Crippen MR) is 186 cm³/mol. The summed E-state index contributed by atoms with van der Waals surface area (Å²) in [6.07, 6.45) is -3.15. The number of esters is 2. The number of benzene rings is 2. The van der Waals surface area contributed by atoms with Crippen LogP contribution < -0.4 is 5.73 Å². The van der Waals surface area contributed by atoms with Crippen LogP contribution >= 0.6 is 10.7 Å². The molecule has 0 atom stereocenters. The average Bonchev–Trinajstić information content (AvgIpc) is 3.07. The number of carbonyl (C=O) groups excluding carboxylic acids is 2. The first-order chi connectivity index (χ1) is 24.3. The highest BCUT2D eigenvalue weighted by Gasteiger charge is 2.40. The third-order valence-electron chi connectivity index (χ3n) is 9.34. The summed E-state index contributed by atoms with van der Waals surface area (Å²) < 4.78 is 130. The molecule has 0 aliphatic heterocycles. The summed E-state index contributed by atoms with van der Waals surface area (Å²) in [5, 5.41) is 0. The molecule has 0 spiro atoms. The van der Waals surface area contributed by atoms with Gasteiger partial charge >= 0.3 is 24.3 Å². The first-order valence-electron chi connectivity index (χ1n) is 16.9. The maximum absolute atomic E-state index is 12.6. The van der Waals surface area contributed by atoms with Crippen molar-refractivity contribution >= 4 is 41.5 Å². The van der Waals surface area contributed by atoms with Gasteiger partial charge in [-0.15, -0.1) is 0 Å². The van der Waals surface area contributed by atoms with Crippen LogP contribution in [0, 0.1) is 16.7 Å². The first kappa shape index (κ1) is 46.3. The van der Waals surface area contributed by atoms with Gasteiger partial charge in [-0.05, 0) is 134 Å². The molecule has 2 saturated carbocycles. The second kappa shape index (κ2) is 18.6. The van der Waals surface area contributed by atoms with Gasteiger partial charge in [0.15, 0.2) is 9.84 Å². The molecule has 0 radical (unpaired) electrons. The minimum absolute atomic E-state index is 0.0538. The molecule has 2 fully saturated rings. The molecule has 2 aliphatic carbocycles.